The van der Waals surface area contributed by atoms with E-state index >= 15 is 0 Å². The van der Waals surface area contributed by atoms with Crippen LogP contribution in [0.2, 0.25) is 5.02 Å². The van der Waals surface area contributed by atoms with Gasteiger partial charge in [0, 0.05) is 12.1 Å². The summed E-state index contributed by atoms with van der Waals surface area (Å²) in [6.07, 6.45) is -1.22. The van der Waals surface area contributed by atoms with Crippen LogP contribution in [-0.2, 0) is 9.53 Å². The molecular weight excluding hydrogens is 478 g/mol. The molecule has 0 aliphatic carbocycles. The molecule has 1 heterocycles. The molecule has 1 N–H and O–H groups in total. The minimum atomic E-state index is -1.22. The Bertz CT molecular complexity index is 1350. The number of nitrogens with one attached hydrogen (secondary N) is 1. The average molecular weight is 494 g/mol. The molecule has 1 unspecified atom stereocenters. The summed E-state index contributed by atoms with van der Waals surface area (Å²) in [4.78, 5) is 61.3. The molecule has 0 fully saturated rings. The first-order valence-electron chi connectivity index (χ1n) is 10.2. The van der Waals surface area contributed by atoms with Crippen LogP contribution in [0.25, 0.3) is 0 Å². The van der Waals surface area contributed by atoms with E-state index in [4.69, 9.17) is 16.3 Å². The first-order valence-corrected chi connectivity index (χ1v) is 10.6. The molecule has 0 aromatic heterocycles. The number of halogens is 1. The van der Waals surface area contributed by atoms with E-state index in [1.807, 2.05) is 0 Å². The van der Waals surface area contributed by atoms with E-state index < -0.39 is 34.7 Å². The van der Waals surface area contributed by atoms with Gasteiger partial charge in [0.2, 0.25) is 0 Å². The summed E-state index contributed by atoms with van der Waals surface area (Å²) in [5.74, 6) is -2.43. The van der Waals surface area contributed by atoms with Gasteiger partial charge in [-0.1, -0.05) is 23.7 Å². The first kappa shape index (κ1) is 23.6. The number of carbonyl (C=O) groups excluding carboxylic acids is 4. The fourth-order valence-corrected chi connectivity index (χ4v) is 3.63. The summed E-state index contributed by atoms with van der Waals surface area (Å²) in [7, 11) is 0. The van der Waals surface area contributed by atoms with Crippen LogP contribution in [0.4, 0.5) is 17.1 Å². The van der Waals surface area contributed by atoms with Crippen LogP contribution in [-0.4, -0.2) is 34.7 Å². The van der Waals surface area contributed by atoms with E-state index in [0.717, 1.165) is 11.0 Å². The van der Waals surface area contributed by atoms with Gasteiger partial charge in [0.05, 0.1) is 38.0 Å². The molecule has 3 aromatic rings. The van der Waals surface area contributed by atoms with Crippen LogP contribution in [0.1, 0.15) is 38.0 Å². The number of anilines is 2. The van der Waals surface area contributed by atoms with Crippen molar-refractivity contribution in [1.82, 2.24) is 0 Å². The van der Waals surface area contributed by atoms with Crippen molar-refractivity contribution in [2.75, 3.05) is 10.2 Å². The number of nitro benzene ring substituents is 1. The summed E-state index contributed by atoms with van der Waals surface area (Å²) in [5, 5.41) is 13.2. The van der Waals surface area contributed by atoms with Crippen LogP contribution >= 0.6 is 11.6 Å². The lowest BCUT2D eigenvalue weighted by Crippen LogP contribution is -2.30. The van der Waals surface area contributed by atoms with Gasteiger partial charge in [-0.3, -0.25) is 24.5 Å². The van der Waals surface area contributed by atoms with Crippen LogP contribution in [0.5, 0.6) is 0 Å². The average Bonchev–Trinajstić information content (AvgIpc) is 3.10. The van der Waals surface area contributed by atoms with Gasteiger partial charge in [-0.25, -0.2) is 9.69 Å². The lowest BCUT2D eigenvalue weighted by Gasteiger charge is -2.16. The van der Waals surface area contributed by atoms with Crippen molar-refractivity contribution in [3.05, 3.63) is 98.6 Å². The number of imide groups is 1. The van der Waals surface area contributed by atoms with E-state index in [9.17, 15) is 29.3 Å². The van der Waals surface area contributed by atoms with E-state index in [2.05, 4.69) is 5.32 Å². The van der Waals surface area contributed by atoms with Crippen LogP contribution in [0, 0.1) is 10.1 Å². The Morgan fingerprint density at radius 1 is 1.00 bits per heavy atom. The Morgan fingerprint density at radius 2 is 1.60 bits per heavy atom. The van der Waals surface area contributed by atoms with Gasteiger partial charge in [-0.15, -0.1) is 0 Å². The maximum absolute atomic E-state index is 12.6. The smallest absolute Gasteiger partial charge is 0.338 e. The van der Waals surface area contributed by atoms with Gasteiger partial charge in [0.1, 0.15) is 0 Å². The van der Waals surface area contributed by atoms with Gasteiger partial charge in [0.15, 0.2) is 6.10 Å². The molecule has 1 aliphatic heterocycles. The fraction of sp³-hybridized carbons (Fsp3) is 0.0833. The first-order chi connectivity index (χ1) is 16.7. The third kappa shape index (κ3) is 4.59. The van der Waals surface area contributed by atoms with Crippen molar-refractivity contribution in [3.63, 3.8) is 0 Å². The van der Waals surface area contributed by atoms with Gasteiger partial charge in [-0.05, 0) is 49.4 Å². The van der Waals surface area contributed by atoms with Crippen molar-refractivity contribution >= 4 is 52.4 Å². The topological polar surface area (TPSA) is 136 Å². The van der Waals surface area contributed by atoms with Gasteiger partial charge in [0.25, 0.3) is 23.4 Å². The summed E-state index contributed by atoms with van der Waals surface area (Å²) >= 11 is 5.96. The van der Waals surface area contributed by atoms with Crippen LogP contribution in [0.3, 0.4) is 0 Å². The van der Waals surface area contributed by atoms with E-state index in [0.29, 0.717) is 11.1 Å². The Morgan fingerprint density at radius 3 is 2.14 bits per heavy atom. The second-order valence-electron chi connectivity index (χ2n) is 7.50. The third-order valence-corrected chi connectivity index (χ3v) is 5.54. The third-order valence-electron chi connectivity index (χ3n) is 5.23. The van der Waals surface area contributed by atoms with Crippen molar-refractivity contribution in [2.24, 2.45) is 0 Å². The number of benzene rings is 3. The zero-order valence-corrected chi connectivity index (χ0v) is 18.8. The number of nitro groups is 1. The molecule has 4 rings (SSSR count). The number of rotatable bonds is 6. The highest BCUT2D eigenvalue weighted by atomic mass is 35.5. The molecule has 1 aliphatic rings. The SMILES string of the molecule is CC(OC(=O)c1ccc(N2C(=O)c3ccccc3C2=O)cc1)C(=O)Nc1ccc([N+](=O)[O-])cc1Cl. The number of hydrogen-bond donors (Lipinski definition) is 1. The highest BCUT2D eigenvalue weighted by Crippen LogP contribution is 2.29. The van der Waals surface area contributed by atoms with Crippen molar-refractivity contribution in [2.45, 2.75) is 13.0 Å². The largest absolute Gasteiger partial charge is 0.449 e. The molecule has 11 heteroatoms. The Balaban J connectivity index is 1.40. The molecule has 1 atom stereocenters. The predicted octanol–water partition coefficient (Wildman–Crippen LogP) is 4.23. The maximum atomic E-state index is 12.6. The Kier molecular flexibility index (Phi) is 6.30. The molecule has 3 amide bonds. The predicted molar refractivity (Wildman–Crippen MR) is 126 cm³/mol. The number of nitrogens with zero attached hydrogens (tertiary/aromatic N) is 2. The molecule has 0 saturated heterocycles. The van der Waals surface area contributed by atoms with Crippen molar-refractivity contribution in [3.8, 4) is 0 Å². The molecule has 0 radical (unpaired) electrons. The van der Waals surface area contributed by atoms with Crippen LogP contribution in [0.15, 0.2) is 66.7 Å². The molecule has 0 bridgehead atoms. The minimum Gasteiger partial charge on any atom is -0.449 e. The Labute approximate surface area is 203 Å². The number of hydrogen-bond acceptors (Lipinski definition) is 7. The van der Waals surface area contributed by atoms with E-state index in [1.54, 1.807) is 24.3 Å². The van der Waals surface area contributed by atoms with Gasteiger partial charge < -0.3 is 10.1 Å². The number of non-ortho nitro benzene ring substituents is 1. The standard InChI is InChI=1S/C24H16ClN3O7/c1-13(21(29)26-20-11-10-16(28(33)34)12-19(20)25)35-24(32)14-6-8-15(9-7-14)27-22(30)17-4-2-3-5-18(17)23(27)31/h2-13H,1H3,(H,26,29). The molecule has 0 spiro atoms. The molecule has 176 valence electrons. The molecule has 35 heavy (non-hydrogen) atoms. The fourth-order valence-electron chi connectivity index (χ4n) is 3.41. The number of ether oxygens (including phenoxy) is 1. The maximum Gasteiger partial charge on any atom is 0.338 e. The van der Waals surface area contributed by atoms with Crippen molar-refractivity contribution in [1.29, 1.82) is 0 Å². The highest BCUT2D eigenvalue weighted by molar-refractivity contribution is 6.34. The second kappa shape index (κ2) is 9.35. The lowest BCUT2D eigenvalue weighted by molar-refractivity contribution is -0.384. The van der Waals surface area contributed by atoms with E-state index in [-0.39, 0.29) is 27.6 Å². The van der Waals surface area contributed by atoms with Crippen molar-refractivity contribution < 1.29 is 28.8 Å². The number of fused-ring (bicyclic) bond motifs is 1. The lowest BCUT2D eigenvalue weighted by atomic mass is 10.1. The minimum absolute atomic E-state index is 0.0465. The highest BCUT2D eigenvalue weighted by Gasteiger charge is 2.36. The number of carbonyl (C=O) groups is 4. The molecule has 10 nitrogen and oxygen atoms in total. The monoisotopic (exact) mass is 493 g/mol. The summed E-state index contributed by atoms with van der Waals surface area (Å²) in [5.41, 5.74) is 0.861. The number of esters is 1. The summed E-state index contributed by atoms with van der Waals surface area (Å²) in [6.45, 7) is 1.35. The molecule has 0 saturated carbocycles. The quantitative estimate of drug-likeness (QED) is 0.235. The summed E-state index contributed by atoms with van der Waals surface area (Å²) in [6, 6.07) is 15.6. The normalized spacial score (nSPS) is 13.3. The van der Waals surface area contributed by atoms with Gasteiger partial charge >= 0.3 is 5.97 Å². The van der Waals surface area contributed by atoms with E-state index in [1.165, 1.54) is 43.3 Å². The summed E-state index contributed by atoms with van der Waals surface area (Å²) < 4.78 is 5.18. The zero-order chi connectivity index (χ0) is 25.3. The Hall–Kier alpha value is -4.57. The van der Waals surface area contributed by atoms with Crippen LogP contribution < -0.4 is 10.2 Å². The van der Waals surface area contributed by atoms with Gasteiger partial charge in [-0.2, -0.15) is 0 Å². The molecular formula is C24H16ClN3O7. The number of amides is 3. The second-order valence-corrected chi connectivity index (χ2v) is 7.90. The molecule has 3 aromatic carbocycles. The zero-order valence-electron chi connectivity index (χ0n) is 18.1.